The largest absolute Gasteiger partial charge is 0.494 e. The summed E-state index contributed by atoms with van der Waals surface area (Å²) < 4.78 is 11.7. The van der Waals surface area contributed by atoms with Crippen LogP contribution in [0.3, 0.4) is 0 Å². The average molecular weight is 407 g/mol. The number of nitrogens with zero attached hydrogens (tertiary/aromatic N) is 2. The Kier molecular flexibility index (Phi) is 6.67. The van der Waals surface area contributed by atoms with Crippen molar-refractivity contribution < 1.29 is 13.9 Å². The number of piperidine rings is 1. The monoisotopic (exact) mass is 406 g/mol. The van der Waals surface area contributed by atoms with Gasteiger partial charge in [0.15, 0.2) is 11.5 Å². The lowest BCUT2D eigenvalue weighted by molar-refractivity contribution is 0.0706. The molecule has 30 heavy (non-hydrogen) atoms. The zero-order valence-electron chi connectivity index (χ0n) is 17.7. The zero-order valence-corrected chi connectivity index (χ0v) is 17.7. The van der Waals surface area contributed by atoms with E-state index >= 15 is 0 Å². The molecule has 1 aromatic heterocycles. The van der Waals surface area contributed by atoms with Gasteiger partial charge in [0.25, 0.3) is 5.91 Å². The molecule has 5 heteroatoms. The van der Waals surface area contributed by atoms with Crippen LogP contribution in [0.5, 0.6) is 5.75 Å². The summed E-state index contributed by atoms with van der Waals surface area (Å²) in [6.07, 6.45) is 6.49. The van der Waals surface area contributed by atoms with E-state index in [4.69, 9.17) is 9.15 Å². The third-order valence-electron chi connectivity index (χ3n) is 5.81. The first-order valence-electron chi connectivity index (χ1n) is 11.1. The number of carbonyl (C=O) groups is 1. The number of benzene rings is 2. The van der Waals surface area contributed by atoms with Gasteiger partial charge in [0.1, 0.15) is 11.3 Å². The molecule has 158 valence electrons. The molecular formula is C25H30N2O3. The normalized spacial score (nSPS) is 14.9. The number of carbonyl (C=O) groups excluding carboxylic acids is 1. The molecule has 0 N–H and O–H groups in total. The molecule has 5 nitrogen and oxygen atoms in total. The van der Waals surface area contributed by atoms with Crippen molar-refractivity contribution in [1.82, 2.24) is 9.88 Å². The molecule has 1 aliphatic rings. The fraction of sp³-hybridized carbons (Fsp3) is 0.440. The summed E-state index contributed by atoms with van der Waals surface area (Å²) in [5, 5.41) is 0. The number of fused-ring (bicyclic) bond motifs is 1. The lowest BCUT2D eigenvalue weighted by Crippen LogP contribution is -2.37. The molecule has 2 heterocycles. The lowest BCUT2D eigenvalue weighted by Gasteiger charge is -2.30. The first kappa shape index (κ1) is 20.5. The maximum absolute atomic E-state index is 12.9. The van der Waals surface area contributed by atoms with Gasteiger partial charge in [0, 0.05) is 24.6 Å². The van der Waals surface area contributed by atoms with Gasteiger partial charge in [0.05, 0.1) is 6.61 Å². The van der Waals surface area contributed by atoms with Crippen molar-refractivity contribution in [2.75, 3.05) is 19.7 Å². The Labute approximate surface area is 178 Å². The molecule has 3 aromatic rings. The van der Waals surface area contributed by atoms with E-state index in [9.17, 15) is 4.79 Å². The Morgan fingerprint density at radius 2 is 1.83 bits per heavy atom. The molecule has 1 saturated heterocycles. The molecule has 1 fully saturated rings. The molecular weight excluding hydrogens is 376 g/mol. The minimum absolute atomic E-state index is 0.0838. The highest BCUT2D eigenvalue weighted by atomic mass is 16.5. The fourth-order valence-electron chi connectivity index (χ4n) is 3.99. The van der Waals surface area contributed by atoms with E-state index in [0.29, 0.717) is 5.56 Å². The van der Waals surface area contributed by atoms with E-state index in [0.717, 1.165) is 61.7 Å². The topological polar surface area (TPSA) is 55.6 Å². The quantitative estimate of drug-likeness (QED) is 0.443. The number of oxazole rings is 1. The molecule has 0 saturated carbocycles. The number of ether oxygens (including phenoxy) is 1. The number of unbranched alkanes of at least 4 members (excludes halogenated alkanes) is 3. The fourth-order valence-corrected chi connectivity index (χ4v) is 3.99. The van der Waals surface area contributed by atoms with Crippen LogP contribution in [0.1, 0.15) is 67.6 Å². The Bertz CT molecular complexity index is 923. The minimum atomic E-state index is 0.0838. The molecule has 4 rings (SSSR count). The SMILES string of the molecule is CCCCCCOc1ccc(C(=O)N2CCC(c3nc4ccccc4o3)CC2)cc1. The van der Waals surface area contributed by atoms with Gasteiger partial charge in [-0.05, 0) is 55.7 Å². The van der Waals surface area contributed by atoms with Crippen molar-refractivity contribution in [2.24, 2.45) is 0 Å². The highest BCUT2D eigenvalue weighted by Gasteiger charge is 2.27. The van der Waals surface area contributed by atoms with Crippen molar-refractivity contribution in [3.05, 3.63) is 60.0 Å². The molecule has 1 aliphatic heterocycles. The van der Waals surface area contributed by atoms with E-state index in [1.165, 1.54) is 19.3 Å². The predicted molar refractivity (Wildman–Crippen MR) is 118 cm³/mol. The summed E-state index contributed by atoms with van der Waals surface area (Å²) in [7, 11) is 0. The van der Waals surface area contributed by atoms with E-state index in [-0.39, 0.29) is 11.8 Å². The molecule has 0 unspecified atom stereocenters. The van der Waals surface area contributed by atoms with Crippen LogP contribution in [-0.2, 0) is 0 Å². The van der Waals surface area contributed by atoms with Crippen molar-refractivity contribution in [1.29, 1.82) is 0 Å². The van der Waals surface area contributed by atoms with Gasteiger partial charge >= 0.3 is 0 Å². The maximum Gasteiger partial charge on any atom is 0.253 e. The second-order valence-corrected chi connectivity index (χ2v) is 8.02. The van der Waals surface area contributed by atoms with E-state index < -0.39 is 0 Å². The first-order chi connectivity index (χ1) is 14.7. The smallest absolute Gasteiger partial charge is 0.253 e. The van der Waals surface area contributed by atoms with Crippen molar-refractivity contribution in [3.63, 3.8) is 0 Å². The summed E-state index contributed by atoms with van der Waals surface area (Å²) in [6.45, 7) is 4.38. The molecule has 1 amide bonds. The molecule has 0 bridgehead atoms. The number of hydrogen-bond donors (Lipinski definition) is 0. The summed E-state index contributed by atoms with van der Waals surface area (Å²) >= 11 is 0. The average Bonchev–Trinajstić information content (AvgIpc) is 3.23. The molecule has 0 aliphatic carbocycles. The molecule has 0 atom stereocenters. The molecule has 2 aromatic carbocycles. The summed E-state index contributed by atoms with van der Waals surface area (Å²) in [5.41, 5.74) is 2.45. The molecule has 0 spiro atoms. The zero-order chi connectivity index (χ0) is 20.8. The lowest BCUT2D eigenvalue weighted by atomic mass is 9.96. The van der Waals surface area contributed by atoms with Crippen LogP contribution >= 0.6 is 0 Å². The standard InChI is InChI=1S/C25H30N2O3/c1-2-3-4-7-18-29-21-12-10-20(11-13-21)25(28)27-16-14-19(15-17-27)24-26-22-8-5-6-9-23(22)30-24/h5-6,8-13,19H,2-4,7,14-18H2,1H3. The highest BCUT2D eigenvalue weighted by Crippen LogP contribution is 2.30. The minimum Gasteiger partial charge on any atom is -0.494 e. The second-order valence-electron chi connectivity index (χ2n) is 8.02. The number of para-hydroxylation sites is 2. The van der Waals surface area contributed by atoms with E-state index in [1.54, 1.807) is 0 Å². The number of hydrogen-bond acceptors (Lipinski definition) is 4. The third kappa shape index (κ3) is 4.84. The number of rotatable bonds is 8. The van der Waals surface area contributed by atoms with Gasteiger partial charge in [0.2, 0.25) is 0 Å². The van der Waals surface area contributed by atoms with Gasteiger partial charge in [-0.25, -0.2) is 4.98 Å². The Morgan fingerprint density at radius 1 is 1.07 bits per heavy atom. The van der Waals surface area contributed by atoms with Gasteiger partial charge in [-0.1, -0.05) is 38.3 Å². The predicted octanol–water partition coefficient (Wildman–Crippen LogP) is 5.81. The van der Waals surface area contributed by atoms with Gasteiger partial charge in [-0.2, -0.15) is 0 Å². The van der Waals surface area contributed by atoms with Gasteiger partial charge in [-0.15, -0.1) is 0 Å². The Balaban J connectivity index is 1.28. The summed E-state index contributed by atoms with van der Waals surface area (Å²) in [4.78, 5) is 19.4. The summed E-state index contributed by atoms with van der Waals surface area (Å²) in [6, 6.07) is 15.4. The Hall–Kier alpha value is -2.82. The van der Waals surface area contributed by atoms with Crippen LogP contribution in [0.2, 0.25) is 0 Å². The van der Waals surface area contributed by atoms with Gasteiger partial charge in [-0.3, -0.25) is 4.79 Å². The van der Waals surface area contributed by atoms with Crippen molar-refractivity contribution in [2.45, 2.75) is 51.4 Å². The van der Waals surface area contributed by atoms with Crippen LogP contribution in [0, 0.1) is 0 Å². The number of aromatic nitrogens is 1. The Morgan fingerprint density at radius 3 is 2.57 bits per heavy atom. The van der Waals surface area contributed by atoms with Crippen molar-refractivity contribution in [3.8, 4) is 5.75 Å². The molecule has 0 radical (unpaired) electrons. The maximum atomic E-state index is 12.9. The van der Waals surface area contributed by atoms with Crippen LogP contribution in [0.4, 0.5) is 0 Å². The number of amides is 1. The van der Waals surface area contributed by atoms with Crippen LogP contribution in [0.25, 0.3) is 11.1 Å². The van der Waals surface area contributed by atoms with Crippen LogP contribution in [-0.4, -0.2) is 35.5 Å². The highest BCUT2D eigenvalue weighted by molar-refractivity contribution is 5.94. The van der Waals surface area contributed by atoms with Crippen molar-refractivity contribution >= 4 is 17.0 Å². The first-order valence-corrected chi connectivity index (χ1v) is 11.1. The summed E-state index contributed by atoms with van der Waals surface area (Å²) in [5.74, 6) is 1.98. The van der Waals surface area contributed by atoms with Crippen LogP contribution in [0.15, 0.2) is 52.9 Å². The van der Waals surface area contributed by atoms with E-state index in [1.807, 2.05) is 53.4 Å². The number of likely N-dealkylation sites (tertiary alicyclic amines) is 1. The van der Waals surface area contributed by atoms with E-state index in [2.05, 4.69) is 11.9 Å². The van der Waals surface area contributed by atoms with Crippen LogP contribution < -0.4 is 4.74 Å². The van der Waals surface area contributed by atoms with Gasteiger partial charge < -0.3 is 14.1 Å². The third-order valence-corrected chi connectivity index (χ3v) is 5.81. The second kappa shape index (κ2) is 9.79.